The first-order valence-electron chi connectivity index (χ1n) is 4.93. The van der Waals surface area contributed by atoms with Gasteiger partial charge in [-0.2, -0.15) is 0 Å². The van der Waals surface area contributed by atoms with Gasteiger partial charge in [0.05, 0.1) is 0 Å². The molecule has 1 fully saturated rings. The van der Waals surface area contributed by atoms with Gasteiger partial charge in [-0.05, 0) is 17.8 Å². The van der Waals surface area contributed by atoms with Crippen molar-refractivity contribution >= 4 is 6.47 Å². The monoisotopic (exact) mass is 184 g/mol. The van der Waals surface area contributed by atoms with E-state index in [1.807, 2.05) is 0 Å². The number of hydrogen-bond acceptors (Lipinski definition) is 2. The largest absolute Gasteiger partial charge is 0.464 e. The lowest BCUT2D eigenvalue weighted by atomic mass is 9.67. The van der Waals surface area contributed by atoms with Crippen molar-refractivity contribution in [3.05, 3.63) is 0 Å². The first-order valence-corrected chi connectivity index (χ1v) is 4.93. The van der Waals surface area contributed by atoms with Crippen LogP contribution >= 0.6 is 0 Å². The molecular weight excluding hydrogens is 164 g/mol. The van der Waals surface area contributed by atoms with Crippen LogP contribution in [0.15, 0.2) is 0 Å². The molecule has 0 saturated heterocycles. The van der Waals surface area contributed by atoms with E-state index >= 15 is 0 Å². The van der Waals surface area contributed by atoms with Crippen molar-refractivity contribution in [2.45, 2.75) is 47.1 Å². The molecule has 0 unspecified atom stereocenters. The van der Waals surface area contributed by atoms with Crippen LogP contribution in [0.25, 0.3) is 0 Å². The Balaban J connectivity index is 2.89. The smallest absolute Gasteiger partial charge is 0.293 e. The summed E-state index contributed by atoms with van der Waals surface area (Å²) in [5.74, 6) is 0.604. The quantitative estimate of drug-likeness (QED) is 0.617. The third-order valence-corrected chi connectivity index (χ3v) is 4.49. The molecule has 2 atom stereocenters. The van der Waals surface area contributed by atoms with E-state index in [-0.39, 0.29) is 16.9 Å². The SMILES string of the molecule is C[C@H]1C[C@@H](OC=O)C(C)(C)C1(C)C. The molecule has 0 heterocycles. The van der Waals surface area contributed by atoms with Crippen molar-refractivity contribution in [2.24, 2.45) is 16.7 Å². The molecular formula is C11H20O2. The molecule has 0 aromatic carbocycles. The van der Waals surface area contributed by atoms with E-state index in [1.165, 1.54) is 0 Å². The average Bonchev–Trinajstić information content (AvgIpc) is 2.14. The predicted octanol–water partition coefficient (Wildman–Crippen LogP) is 2.62. The normalized spacial score (nSPS) is 35.8. The second-order valence-corrected chi connectivity index (χ2v) is 5.30. The summed E-state index contributed by atoms with van der Waals surface area (Å²) in [6, 6.07) is 0. The van der Waals surface area contributed by atoms with Crippen molar-refractivity contribution in [1.29, 1.82) is 0 Å². The van der Waals surface area contributed by atoms with Crippen molar-refractivity contribution in [2.75, 3.05) is 0 Å². The zero-order valence-electron chi connectivity index (χ0n) is 9.26. The summed E-state index contributed by atoms with van der Waals surface area (Å²) in [5, 5.41) is 0. The molecule has 0 aliphatic heterocycles. The van der Waals surface area contributed by atoms with E-state index in [4.69, 9.17) is 4.74 Å². The Morgan fingerprint density at radius 1 is 1.23 bits per heavy atom. The minimum Gasteiger partial charge on any atom is -0.464 e. The zero-order valence-corrected chi connectivity index (χ0v) is 9.26. The van der Waals surface area contributed by atoms with Gasteiger partial charge in [0.1, 0.15) is 6.10 Å². The molecule has 2 nitrogen and oxygen atoms in total. The molecule has 0 bridgehead atoms. The molecule has 0 spiro atoms. The summed E-state index contributed by atoms with van der Waals surface area (Å²) in [4.78, 5) is 10.3. The lowest BCUT2D eigenvalue weighted by Gasteiger charge is -2.39. The van der Waals surface area contributed by atoms with Gasteiger partial charge in [0, 0.05) is 5.41 Å². The van der Waals surface area contributed by atoms with Gasteiger partial charge in [-0.3, -0.25) is 4.79 Å². The van der Waals surface area contributed by atoms with Crippen LogP contribution in [0.4, 0.5) is 0 Å². The van der Waals surface area contributed by atoms with Crippen LogP contribution in [0.2, 0.25) is 0 Å². The van der Waals surface area contributed by atoms with Gasteiger partial charge < -0.3 is 4.74 Å². The van der Waals surface area contributed by atoms with Crippen LogP contribution in [-0.4, -0.2) is 12.6 Å². The van der Waals surface area contributed by atoms with Crippen LogP contribution in [0, 0.1) is 16.7 Å². The van der Waals surface area contributed by atoms with Crippen LogP contribution < -0.4 is 0 Å². The minimum absolute atomic E-state index is 0.0767. The van der Waals surface area contributed by atoms with Gasteiger partial charge in [0.15, 0.2) is 0 Å². The van der Waals surface area contributed by atoms with Crippen LogP contribution in [-0.2, 0) is 9.53 Å². The molecule has 0 aromatic rings. The lowest BCUT2D eigenvalue weighted by molar-refractivity contribution is -0.139. The lowest BCUT2D eigenvalue weighted by Crippen LogP contribution is -2.37. The summed E-state index contributed by atoms with van der Waals surface area (Å²) >= 11 is 0. The van der Waals surface area contributed by atoms with Crippen molar-refractivity contribution < 1.29 is 9.53 Å². The molecule has 1 aliphatic rings. The van der Waals surface area contributed by atoms with E-state index in [0.29, 0.717) is 12.4 Å². The summed E-state index contributed by atoms with van der Waals surface area (Å²) in [6.45, 7) is 11.7. The van der Waals surface area contributed by atoms with E-state index in [1.54, 1.807) is 0 Å². The summed E-state index contributed by atoms with van der Waals surface area (Å²) < 4.78 is 5.14. The molecule has 0 amide bonds. The van der Waals surface area contributed by atoms with Gasteiger partial charge >= 0.3 is 0 Å². The van der Waals surface area contributed by atoms with Crippen LogP contribution in [0.5, 0.6) is 0 Å². The number of carbonyl (C=O) groups is 1. The molecule has 2 heteroatoms. The van der Waals surface area contributed by atoms with Crippen LogP contribution in [0.1, 0.15) is 41.0 Å². The fourth-order valence-electron chi connectivity index (χ4n) is 2.25. The van der Waals surface area contributed by atoms with Gasteiger partial charge in [0.2, 0.25) is 0 Å². The summed E-state index contributed by atoms with van der Waals surface area (Å²) in [6.07, 6.45) is 1.06. The Kier molecular flexibility index (Phi) is 2.44. The first kappa shape index (κ1) is 10.6. The van der Waals surface area contributed by atoms with Crippen LogP contribution in [0.3, 0.4) is 0 Å². The Hall–Kier alpha value is -0.530. The van der Waals surface area contributed by atoms with E-state index < -0.39 is 0 Å². The molecule has 1 aliphatic carbocycles. The Labute approximate surface area is 80.7 Å². The summed E-state index contributed by atoms with van der Waals surface area (Å²) in [7, 11) is 0. The van der Waals surface area contributed by atoms with E-state index in [2.05, 4.69) is 34.6 Å². The topological polar surface area (TPSA) is 26.3 Å². The predicted molar refractivity (Wildman–Crippen MR) is 52.3 cm³/mol. The van der Waals surface area contributed by atoms with Crippen molar-refractivity contribution in [1.82, 2.24) is 0 Å². The highest BCUT2D eigenvalue weighted by Gasteiger charge is 2.54. The standard InChI is InChI=1S/C11H20O2/c1-8-6-9(13-7-12)11(4,5)10(8,2)3/h7-9H,6H2,1-5H3/t8-,9+/m0/s1. The second kappa shape index (κ2) is 3.00. The highest BCUT2D eigenvalue weighted by atomic mass is 16.5. The molecule has 13 heavy (non-hydrogen) atoms. The number of hydrogen-bond donors (Lipinski definition) is 0. The average molecular weight is 184 g/mol. The van der Waals surface area contributed by atoms with E-state index in [9.17, 15) is 4.79 Å². The molecule has 0 radical (unpaired) electrons. The van der Waals surface area contributed by atoms with Gasteiger partial charge in [-0.15, -0.1) is 0 Å². The molecule has 1 saturated carbocycles. The fourth-order valence-corrected chi connectivity index (χ4v) is 2.25. The van der Waals surface area contributed by atoms with Crippen molar-refractivity contribution in [3.63, 3.8) is 0 Å². The van der Waals surface area contributed by atoms with Crippen molar-refractivity contribution in [3.8, 4) is 0 Å². The number of carbonyl (C=O) groups excluding carboxylic acids is 1. The maximum absolute atomic E-state index is 10.3. The first-order chi connectivity index (χ1) is 5.84. The van der Waals surface area contributed by atoms with Gasteiger partial charge in [0.25, 0.3) is 6.47 Å². The molecule has 76 valence electrons. The third kappa shape index (κ3) is 1.36. The highest BCUT2D eigenvalue weighted by molar-refractivity contribution is 5.38. The van der Waals surface area contributed by atoms with E-state index in [0.717, 1.165) is 6.42 Å². The Morgan fingerprint density at radius 2 is 1.77 bits per heavy atom. The molecule has 0 aromatic heterocycles. The summed E-state index contributed by atoms with van der Waals surface area (Å²) in [5.41, 5.74) is 0.313. The third-order valence-electron chi connectivity index (χ3n) is 4.49. The highest BCUT2D eigenvalue weighted by Crippen LogP contribution is 2.56. The minimum atomic E-state index is 0.0767. The van der Waals surface area contributed by atoms with Gasteiger partial charge in [-0.25, -0.2) is 0 Å². The maximum Gasteiger partial charge on any atom is 0.293 e. The zero-order chi connectivity index (χ0) is 10.3. The fraction of sp³-hybridized carbons (Fsp3) is 0.909. The maximum atomic E-state index is 10.3. The number of ether oxygens (including phenoxy) is 1. The number of rotatable bonds is 2. The molecule has 0 N–H and O–H groups in total. The second-order valence-electron chi connectivity index (χ2n) is 5.30. The Morgan fingerprint density at radius 3 is 2.08 bits per heavy atom. The Bertz CT molecular complexity index is 206. The molecule has 1 rings (SSSR count). The van der Waals surface area contributed by atoms with Gasteiger partial charge in [-0.1, -0.05) is 34.6 Å².